The maximum absolute atomic E-state index is 13.5. The molecule has 2 aliphatic rings. The van der Waals surface area contributed by atoms with Crippen molar-refractivity contribution in [3.63, 3.8) is 0 Å². The molecule has 0 unspecified atom stereocenters. The Hall–Kier alpha value is -3.33. The average molecular weight is 409 g/mol. The second-order valence-corrected chi connectivity index (χ2v) is 8.09. The predicted octanol–water partition coefficient (Wildman–Crippen LogP) is 3.20. The van der Waals surface area contributed by atoms with Crippen LogP contribution in [0.25, 0.3) is 11.3 Å². The van der Waals surface area contributed by atoms with Crippen LogP contribution in [0.15, 0.2) is 42.6 Å². The van der Waals surface area contributed by atoms with Crippen molar-refractivity contribution in [2.24, 2.45) is 0 Å². The fourth-order valence-corrected chi connectivity index (χ4v) is 4.25. The molecule has 0 spiro atoms. The number of pyridine rings is 1. The van der Waals surface area contributed by atoms with Crippen molar-refractivity contribution in [3.05, 3.63) is 69.8 Å². The van der Waals surface area contributed by atoms with Crippen LogP contribution in [0.4, 0.5) is 10.2 Å². The van der Waals surface area contributed by atoms with Crippen molar-refractivity contribution >= 4 is 5.82 Å². The van der Waals surface area contributed by atoms with E-state index in [4.69, 9.17) is 9.72 Å². The molecule has 4 heterocycles. The van der Waals surface area contributed by atoms with Crippen LogP contribution < -0.4 is 4.74 Å². The largest absolute Gasteiger partial charge is 0.436 e. The molecule has 0 bridgehead atoms. The SMILES string of the molecule is C[C@]1(CN2CCc3nc(-c4cccc(F)c4)ccc3C2)Cn2cc([N+](=O)[O-])nc2O1. The van der Waals surface area contributed by atoms with Crippen molar-refractivity contribution < 1.29 is 14.1 Å². The second kappa shape index (κ2) is 6.88. The summed E-state index contributed by atoms with van der Waals surface area (Å²) in [5.41, 5.74) is 3.24. The number of aromatic nitrogens is 3. The van der Waals surface area contributed by atoms with Crippen molar-refractivity contribution in [2.75, 3.05) is 13.1 Å². The molecule has 0 fully saturated rings. The highest BCUT2D eigenvalue weighted by molar-refractivity contribution is 5.59. The zero-order chi connectivity index (χ0) is 20.9. The molecule has 0 saturated carbocycles. The molecule has 0 amide bonds. The number of halogens is 1. The van der Waals surface area contributed by atoms with Crippen molar-refractivity contribution in [1.29, 1.82) is 0 Å². The van der Waals surface area contributed by atoms with Gasteiger partial charge >= 0.3 is 11.8 Å². The minimum Gasteiger partial charge on any atom is -0.436 e. The van der Waals surface area contributed by atoms with E-state index in [1.165, 1.54) is 18.3 Å². The van der Waals surface area contributed by atoms with E-state index in [1.807, 2.05) is 19.1 Å². The van der Waals surface area contributed by atoms with Gasteiger partial charge in [-0.3, -0.25) is 14.5 Å². The number of hydrogen-bond acceptors (Lipinski definition) is 6. The lowest BCUT2D eigenvalue weighted by Gasteiger charge is -2.34. The molecule has 1 aromatic carbocycles. The van der Waals surface area contributed by atoms with Gasteiger partial charge in [0.1, 0.15) is 17.6 Å². The van der Waals surface area contributed by atoms with Gasteiger partial charge < -0.3 is 14.9 Å². The molecule has 2 aliphatic heterocycles. The molecule has 3 aromatic rings. The lowest BCUT2D eigenvalue weighted by Crippen LogP contribution is -2.46. The third kappa shape index (κ3) is 3.41. The fraction of sp³-hybridized carbons (Fsp3) is 0.333. The van der Waals surface area contributed by atoms with Crippen molar-refractivity contribution in [2.45, 2.75) is 32.0 Å². The highest BCUT2D eigenvalue weighted by Gasteiger charge is 2.41. The zero-order valence-corrected chi connectivity index (χ0v) is 16.4. The molecule has 0 saturated heterocycles. The first-order valence-corrected chi connectivity index (χ1v) is 9.76. The van der Waals surface area contributed by atoms with Gasteiger partial charge in [0.2, 0.25) is 0 Å². The van der Waals surface area contributed by atoms with Gasteiger partial charge in [0.05, 0.1) is 12.2 Å². The predicted molar refractivity (Wildman–Crippen MR) is 107 cm³/mol. The highest BCUT2D eigenvalue weighted by atomic mass is 19.1. The summed E-state index contributed by atoms with van der Waals surface area (Å²) in [6.07, 6.45) is 2.22. The smallest absolute Gasteiger partial charge is 0.415 e. The molecule has 30 heavy (non-hydrogen) atoms. The van der Waals surface area contributed by atoms with Gasteiger partial charge in [0, 0.05) is 42.3 Å². The molecule has 2 aromatic heterocycles. The van der Waals surface area contributed by atoms with Crippen LogP contribution in [0, 0.1) is 15.9 Å². The van der Waals surface area contributed by atoms with Gasteiger partial charge in [-0.15, -0.1) is 0 Å². The van der Waals surface area contributed by atoms with E-state index in [0.29, 0.717) is 19.1 Å². The van der Waals surface area contributed by atoms with Crippen LogP contribution in [0.5, 0.6) is 6.01 Å². The Bertz CT molecular complexity index is 1120. The number of nitro groups is 1. The van der Waals surface area contributed by atoms with E-state index in [0.717, 1.165) is 42.0 Å². The van der Waals surface area contributed by atoms with E-state index in [-0.39, 0.29) is 11.6 Å². The molecular formula is C21H20FN5O3. The van der Waals surface area contributed by atoms with Gasteiger partial charge in [-0.25, -0.2) is 4.39 Å². The quantitative estimate of drug-likeness (QED) is 0.486. The number of ether oxygens (including phenoxy) is 1. The zero-order valence-electron chi connectivity index (χ0n) is 16.4. The van der Waals surface area contributed by atoms with Crippen LogP contribution >= 0.6 is 0 Å². The minimum atomic E-state index is -0.515. The molecule has 5 rings (SSSR count). The van der Waals surface area contributed by atoms with Crippen LogP contribution in [0.2, 0.25) is 0 Å². The normalized spacial score (nSPS) is 20.5. The Morgan fingerprint density at radius 1 is 1.30 bits per heavy atom. The van der Waals surface area contributed by atoms with Crippen molar-refractivity contribution in [1.82, 2.24) is 19.4 Å². The maximum atomic E-state index is 13.5. The summed E-state index contributed by atoms with van der Waals surface area (Å²) in [6, 6.07) is 10.8. The maximum Gasteiger partial charge on any atom is 0.415 e. The number of fused-ring (bicyclic) bond motifs is 2. The summed E-state index contributed by atoms with van der Waals surface area (Å²) in [6.45, 7) is 4.76. The minimum absolute atomic E-state index is 0.195. The van der Waals surface area contributed by atoms with E-state index >= 15 is 0 Å². The average Bonchev–Trinajstić information content (AvgIpc) is 3.22. The third-order valence-electron chi connectivity index (χ3n) is 5.56. The molecule has 1 atom stereocenters. The molecule has 8 nitrogen and oxygen atoms in total. The Morgan fingerprint density at radius 3 is 2.93 bits per heavy atom. The topological polar surface area (TPSA) is 86.3 Å². The Kier molecular flexibility index (Phi) is 4.28. The van der Waals surface area contributed by atoms with Crippen LogP contribution in [0.1, 0.15) is 18.2 Å². The van der Waals surface area contributed by atoms with Crippen LogP contribution in [0.3, 0.4) is 0 Å². The number of hydrogen-bond donors (Lipinski definition) is 0. The Labute approximate surface area is 172 Å². The van der Waals surface area contributed by atoms with Gasteiger partial charge in [-0.1, -0.05) is 18.2 Å². The second-order valence-electron chi connectivity index (χ2n) is 8.09. The Balaban J connectivity index is 1.28. The molecule has 154 valence electrons. The molecule has 9 heteroatoms. The lowest BCUT2D eigenvalue weighted by molar-refractivity contribution is -0.389. The summed E-state index contributed by atoms with van der Waals surface area (Å²) >= 11 is 0. The highest BCUT2D eigenvalue weighted by Crippen LogP contribution is 2.32. The molecular weight excluding hydrogens is 389 g/mol. The van der Waals surface area contributed by atoms with Gasteiger partial charge in [0.15, 0.2) is 0 Å². The third-order valence-corrected chi connectivity index (χ3v) is 5.56. The molecule has 0 aliphatic carbocycles. The fourth-order valence-electron chi connectivity index (χ4n) is 4.25. The van der Waals surface area contributed by atoms with Gasteiger partial charge in [0.25, 0.3) is 0 Å². The first kappa shape index (κ1) is 18.7. The standard InChI is InChI=1S/C21H20FN5O3/c1-21(13-26-11-19(27(28)29)24-20(26)30-21)12-25-8-7-18-15(10-25)5-6-17(23-18)14-3-2-4-16(22)9-14/h2-6,9,11H,7-8,10,12-13H2,1H3/t21-/m0/s1. The number of imidazole rings is 1. The van der Waals surface area contributed by atoms with Crippen LogP contribution in [-0.4, -0.2) is 43.0 Å². The number of rotatable bonds is 4. The van der Waals surface area contributed by atoms with Crippen LogP contribution in [-0.2, 0) is 19.5 Å². The van der Waals surface area contributed by atoms with E-state index in [9.17, 15) is 14.5 Å². The summed E-state index contributed by atoms with van der Waals surface area (Å²) in [5.74, 6) is -0.465. The number of benzene rings is 1. The first-order valence-electron chi connectivity index (χ1n) is 9.76. The number of nitrogens with zero attached hydrogens (tertiary/aromatic N) is 5. The summed E-state index contributed by atoms with van der Waals surface area (Å²) in [5, 5.41) is 10.9. The summed E-state index contributed by atoms with van der Waals surface area (Å²) in [4.78, 5) is 21.4. The lowest BCUT2D eigenvalue weighted by atomic mass is 10.0. The monoisotopic (exact) mass is 409 g/mol. The van der Waals surface area contributed by atoms with E-state index < -0.39 is 10.5 Å². The van der Waals surface area contributed by atoms with Gasteiger partial charge in [-0.05, 0) is 35.6 Å². The molecule has 0 N–H and O–H groups in total. The Morgan fingerprint density at radius 2 is 2.17 bits per heavy atom. The van der Waals surface area contributed by atoms with E-state index in [2.05, 4.69) is 16.0 Å². The van der Waals surface area contributed by atoms with Gasteiger partial charge in [-0.2, -0.15) is 0 Å². The van der Waals surface area contributed by atoms with E-state index in [1.54, 1.807) is 10.6 Å². The van der Waals surface area contributed by atoms with Crippen molar-refractivity contribution in [3.8, 4) is 17.3 Å². The molecule has 0 radical (unpaired) electrons. The summed E-state index contributed by atoms with van der Waals surface area (Å²) < 4.78 is 21.2. The summed E-state index contributed by atoms with van der Waals surface area (Å²) in [7, 11) is 0. The first-order chi connectivity index (χ1) is 14.4.